The Hall–Kier alpha value is -3.14. The van der Waals surface area contributed by atoms with E-state index in [-0.39, 0.29) is 0 Å². The fourth-order valence-corrected chi connectivity index (χ4v) is 2.88. The molecule has 0 spiro atoms. The summed E-state index contributed by atoms with van der Waals surface area (Å²) in [5.41, 5.74) is 2.07. The van der Waals surface area contributed by atoms with Gasteiger partial charge in [-0.05, 0) is 33.4 Å². The van der Waals surface area contributed by atoms with Gasteiger partial charge in [-0.3, -0.25) is 5.10 Å². The minimum absolute atomic E-state index is 0.432. The Bertz CT molecular complexity index is 963. The summed E-state index contributed by atoms with van der Waals surface area (Å²) in [6, 6.07) is 5.73. The lowest BCUT2D eigenvalue weighted by molar-refractivity contribution is 0.254. The van der Waals surface area contributed by atoms with Crippen molar-refractivity contribution in [2.45, 2.75) is 38.6 Å². The van der Waals surface area contributed by atoms with Gasteiger partial charge in [0, 0.05) is 36.4 Å². The Kier molecular flexibility index (Phi) is 6.12. The van der Waals surface area contributed by atoms with Crippen molar-refractivity contribution in [1.82, 2.24) is 30.2 Å². The van der Waals surface area contributed by atoms with Crippen LogP contribution in [0.3, 0.4) is 0 Å². The molecule has 0 radical (unpaired) electrons. The zero-order chi connectivity index (χ0) is 20.9. The molecule has 30 heavy (non-hydrogen) atoms. The molecule has 1 aliphatic rings. The van der Waals surface area contributed by atoms with Gasteiger partial charge in [0.05, 0.1) is 12.2 Å². The molecule has 1 saturated carbocycles. The molecule has 1 aliphatic carbocycles. The fraction of sp³-hybridized carbons (Fsp3) is 0.500. The molecular formula is C20H28N8O2. The average Bonchev–Trinajstić information content (AvgIpc) is 3.29. The van der Waals surface area contributed by atoms with Crippen LogP contribution in [0.1, 0.15) is 42.8 Å². The molecule has 0 aromatic carbocycles. The van der Waals surface area contributed by atoms with E-state index in [1.807, 2.05) is 33.2 Å². The number of nitrogens with one attached hydrogen (secondary N) is 3. The second-order valence-corrected chi connectivity index (χ2v) is 7.67. The number of likely N-dealkylation sites (N-methyl/N-ethyl adjacent to an activating group) is 1. The van der Waals surface area contributed by atoms with E-state index >= 15 is 0 Å². The summed E-state index contributed by atoms with van der Waals surface area (Å²) in [6.07, 6.45) is 3.26. The summed E-state index contributed by atoms with van der Waals surface area (Å²) in [5, 5.41) is 17.9. The third kappa shape index (κ3) is 5.47. The van der Waals surface area contributed by atoms with E-state index in [1.165, 1.54) is 12.8 Å². The summed E-state index contributed by atoms with van der Waals surface area (Å²) < 4.78 is 11.1. The van der Waals surface area contributed by atoms with Crippen molar-refractivity contribution in [2.24, 2.45) is 0 Å². The van der Waals surface area contributed by atoms with Crippen LogP contribution in [0.4, 0.5) is 17.6 Å². The second kappa shape index (κ2) is 9.12. The molecule has 3 aromatic heterocycles. The number of aromatic amines is 1. The summed E-state index contributed by atoms with van der Waals surface area (Å²) in [5.74, 6) is 3.59. The Balaban J connectivity index is 1.47. The average molecular weight is 412 g/mol. The Morgan fingerprint density at radius 3 is 2.80 bits per heavy atom. The van der Waals surface area contributed by atoms with Crippen molar-refractivity contribution >= 4 is 17.6 Å². The van der Waals surface area contributed by atoms with Crippen LogP contribution in [0.2, 0.25) is 0 Å². The van der Waals surface area contributed by atoms with Crippen LogP contribution in [0.25, 0.3) is 0 Å². The van der Waals surface area contributed by atoms with Crippen LogP contribution in [0.5, 0.6) is 5.88 Å². The van der Waals surface area contributed by atoms with Gasteiger partial charge in [0.25, 0.3) is 0 Å². The lowest BCUT2D eigenvalue weighted by Gasteiger charge is -2.12. The first-order valence-corrected chi connectivity index (χ1v) is 10.3. The van der Waals surface area contributed by atoms with E-state index in [4.69, 9.17) is 9.26 Å². The molecule has 0 aliphatic heterocycles. The van der Waals surface area contributed by atoms with Gasteiger partial charge in [-0.25, -0.2) is 0 Å². The Labute approximate surface area is 175 Å². The highest BCUT2D eigenvalue weighted by molar-refractivity contribution is 5.55. The molecule has 0 unspecified atom stereocenters. The third-order valence-electron chi connectivity index (χ3n) is 4.75. The maximum atomic E-state index is 5.83. The molecule has 4 rings (SSSR count). The van der Waals surface area contributed by atoms with Gasteiger partial charge in [0.15, 0.2) is 11.6 Å². The van der Waals surface area contributed by atoms with E-state index in [0.29, 0.717) is 36.7 Å². The quantitative estimate of drug-likeness (QED) is 0.437. The second-order valence-electron chi connectivity index (χ2n) is 7.67. The largest absolute Gasteiger partial charge is 0.476 e. The van der Waals surface area contributed by atoms with E-state index in [2.05, 4.69) is 40.9 Å². The fourth-order valence-electron chi connectivity index (χ4n) is 2.88. The third-order valence-corrected chi connectivity index (χ3v) is 4.75. The number of nitrogens with zero attached hydrogens (tertiary/aromatic N) is 5. The van der Waals surface area contributed by atoms with Gasteiger partial charge in [-0.15, -0.1) is 0 Å². The topological polar surface area (TPSA) is 117 Å². The van der Waals surface area contributed by atoms with Gasteiger partial charge in [-0.2, -0.15) is 15.1 Å². The molecule has 10 heteroatoms. The normalized spacial score (nSPS) is 13.6. The number of H-pyrrole nitrogens is 1. The van der Waals surface area contributed by atoms with Crippen LogP contribution >= 0.6 is 0 Å². The summed E-state index contributed by atoms with van der Waals surface area (Å²) in [6.45, 7) is 3.78. The van der Waals surface area contributed by atoms with Gasteiger partial charge in [0.2, 0.25) is 11.8 Å². The molecule has 0 saturated heterocycles. The van der Waals surface area contributed by atoms with Crippen molar-refractivity contribution in [3.63, 3.8) is 0 Å². The first-order valence-electron chi connectivity index (χ1n) is 10.3. The molecule has 1 fully saturated rings. The SMILES string of the molecule is CCc1cc(CNc2nc(Nc3cc(C4CC4)[nH]n3)cc(OCCN(C)C)n2)on1. The molecular weight excluding hydrogens is 384 g/mol. The predicted octanol–water partition coefficient (Wildman–Crippen LogP) is 2.92. The van der Waals surface area contributed by atoms with Gasteiger partial charge in [-0.1, -0.05) is 12.1 Å². The molecule has 160 valence electrons. The highest BCUT2D eigenvalue weighted by atomic mass is 16.5. The summed E-state index contributed by atoms with van der Waals surface area (Å²) >= 11 is 0. The van der Waals surface area contributed by atoms with E-state index < -0.39 is 0 Å². The highest BCUT2D eigenvalue weighted by Gasteiger charge is 2.25. The minimum atomic E-state index is 0.432. The summed E-state index contributed by atoms with van der Waals surface area (Å²) in [4.78, 5) is 11.1. The molecule has 10 nitrogen and oxygen atoms in total. The zero-order valence-corrected chi connectivity index (χ0v) is 17.6. The van der Waals surface area contributed by atoms with E-state index in [1.54, 1.807) is 6.07 Å². The molecule has 0 amide bonds. The van der Waals surface area contributed by atoms with Crippen molar-refractivity contribution in [1.29, 1.82) is 0 Å². The Morgan fingerprint density at radius 2 is 2.07 bits per heavy atom. The first kappa shape index (κ1) is 20.1. The summed E-state index contributed by atoms with van der Waals surface area (Å²) in [7, 11) is 4.00. The van der Waals surface area contributed by atoms with Crippen LogP contribution in [0, 0.1) is 0 Å². The first-order chi connectivity index (χ1) is 14.6. The van der Waals surface area contributed by atoms with Crippen LogP contribution in [0.15, 0.2) is 22.7 Å². The molecule has 3 N–H and O–H groups in total. The number of aryl methyl sites for hydroxylation is 1. The number of ether oxygens (including phenoxy) is 1. The number of aromatic nitrogens is 5. The van der Waals surface area contributed by atoms with Crippen molar-refractivity contribution in [2.75, 3.05) is 37.9 Å². The number of hydrogen-bond donors (Lipinski definition) is 3. The molecule has 3 heterocycles. The van der Waals surface area contributed by atoms with Crippen LogP contribution < -0.4 is 15.4 Å². The van der Waals surface area contributed by atoms with Gasteiger partial charge < -0.3 is 24.8 Å². The zero-order valence-electron chi connectivity index (χ0n) is 17.6. The van der Waals surface area contributed by atoms with Crippen LogP contribution in [-0.2, 0) is 13.0 Å². The number of anilines is 3. The molecule has 0 atom stereocenters. The van der Waals surface area contributed by atoms with Crippen molar-refractivity contribution in [3.8, 4) is 5.88 Å². The lowest BCUT2D eigenvalue weighted by Crippen LogP contribution is -2.20. The predicted molar refractivity (Wildman–Crippen MR) is 113 cm³/mol. The van der Waals surface area contributed by atoms with Crippen molar-refractivity contribution in [3.05, 3.63) is 35.3 Å². The van der Waals surface area contributed by atoms with E-state index in [0.717, 1.165) is 35.9 Å². The van der Waals surface area contributed by atoms with Gasteiger partial charge >= 0.3 is 0 Å². The van der Waals surface area contributed by atoms with Crippen molar-refractivity contribution < 1.29 is 9.26 Å². The monoisotopic (exact) mass is 412 g/mol. The minimum Gasteiger partial charge on any atom is -0.476 e. The number of hydrogen-bond acceptors (Lipinski definition) is 9. The maximum absolute atomic E-state index is 5.83. The standard InChI is InChI=1S/C20H28N8O2/c1-4-14-9-15(30-27-14)12-21-20-23-17(11-19(24-20)29-8-7-28(2)3)22-18-10-16(25-26-18)13-5-6-13/h9-11,13H,4-8,12H2,1-3H3,(H3,21,22,23,24,25,26). The molecule has 0 bridgehead atoms. The lowest BCUT2D eigenvalue weighted by atomic mass is 10.3. The van der Waals surface area contributed by atoms with E-state index in [9.17, 15) is 0 Å². The van der Waals surface area contributed by atoms with Gasteiger partial charge in [0.1, 0.15) is 12.4 Å². The van der Waals surface area contributed by atoms with Crippen LogP contribution in [-0.4, -0.2) is 57.5 Å². The highest BCUT2D eigenvalue weighted by Crippen LogP contribution is 2.39. The smallest absolute Gasteiger partial charge is 0.228 e. The maximum Gasteiger partial charge on any atom is 0.228 e. The number of rotatable bonds is 11. The molecule has 3 aromatic rings. The Morgan fingerprint density at radius 1 is 1.20 bits per heavy atom.